The monoisotopic (exact) mass is 315 g/mol. The van der Waals surface area contributed by atoms with Gasteiger partial charge in [0.15, 0.2) is 0 Å². The van der Waals surface area contributed by atoms with E-state index in [0.717, 1.165) is 36.5 Å². The van der Waals surface area contributed by atoms with E-state index < -0.39 is 0 Å². The van der Waals surface area contributed by atoms with E-state index in [4.69, 9.17) is 9.47 Å². The number of ether oxygens (including phenoxy) is 2. The van der Waals surface area contributed by atoms with Crippen LogP contribution in [0.1, 0.15) is 17.8 Å². The van der Waals surface area contributed by atoms with E-state index in [1.807, 2.05) is 30.5 Å². The normalized spacial score (nSPS) is 16.7. The number of nitrogens with one attached hydrogen (secondary N) is 1. The van der Waals surface area contributed by atoms with E-state index in [0.29, 0.717) is 6.61 Å². The van der Waals surface area contributed by atoms with Gasteiger partial charge in [-0.15, -0.1) is 0 Å². The van der Waals surface area contributed by atoms with Gasteiger partial charge in [-0.2, -0.15) is 0 Å². The second kappa shape index (κ2) is 7.28. The van der Waals surface area contributed by atoms with E-state index in [-0.39, 0.29) is 18.6 Å². The Hall–Kier alpha value is -2.34. The van der Waals surface area contributed by atoms with Crippen LogP contribution in [0.15, 0.2) is 36.7 Å². The fourth-order valence-electron chi connectivity index (χ4n) is 2.78. The molecule has 1 aliphatic rings. The van der Waals surface area contributed by atoms with Gasteiger partial charge in [-0.3, -0.25) is 4.79 Å². The Labute approximate surface area is 135 Å². The maximum Gasteiger partial charge on any atom is 0.246 e. The fourth-order valence-corrected chi connectivity index (χ4v) is 2.78. The van der Waals surface area contributed by atoms with E-state index >= 15 is 0 Å². The van der Waals surface area contributed by atoms with Gasteiger partial charge in [-0.05, 0) is 24.1 Å². The summed E-state index contributed by atoms with van der Waals surface area (Å²) in [6.45, 7) is 1.22. The summed E-state index contributed by atoms with van der Waals surface area (Å²) >= 11 is 0. The Morgan fingerprint density at radius 3 is 3.26 bits per heavy atom. The maximum absolute atomic E-state index is 12.0. The first-order chi connectivity index (χ1) is 11.2. The van der Waals surface area contributed by atoms with Gasteiger partial charge in [-0.25, -0.2) is 4.98 Å². The Balaban J connectivity index is 1.41. The van der Waals surface area contributed by atoms with E-state index in [9.17, 15) is 4.79 Å². The molecule has 0 spiro atoms. The number of aromatic nitrogens is 2. The van der Waals surface area contributed by atoms with Gasteiger partial charge in [-0.1, -0.05) is 12.1 Å². The van der Waals surface area contributed by atoms with Crippen LogP contribution >= 0.6 is 0 Å². The van der Waals surface area contributed by atoms with Crippen LogP contribution in [0.4, 0.5) is 0 Å². The quantitative estimate of drug-likeness (QED) is 0.878. The zero-order chi connectivity index (χ0) is 16.1. The summed E-state index contributed by atoms with van der Waals surface area (Å²) in [4.78, 5) is 16.3. The summed E-state index contributed by atoms with van der Waals surface area (Å²) < 4.78 is 12.7. The molecule has 1 aliphatic heterocycles. The zero-order valence-corrected chi connectivity index (χ0v) is 13.2. The minimum absolute atomic E-state index is 0.0600. The van der Waals surface area contributed by atoms with Crippen LogP contribution in [0, 0.1) is 0 Å². The molecule has 6 heteroatoms. The number of methoxy groups -OCH3 is 1. The molecule has 0 unspecified atom stereocenters. The second-order valence-corrected chi connectivity index (χ2v) is 5.64. The number of nitrogens with zero attached hydrogens (tertiary/aromatic N) is 2. The van der Waals surface area contributed by atoms with Crippen molar-refractivity contribution in [3.05, 3.63) is 48.0 Å². The molecule has 0 fully saturated rings. The third kappa shape index (κ3) is 4.10. The molecule has 1 amide bonds. The summed E-state index contributed by atoms with van der Waals surface area (Å²) in [6, 6.07) is 7.78. The van der Waals surface area contributed by atoms with Gasteiger partial charge in [0.05, 0.1) is 13.7 Å². The van der Waals surface area contributed by atoms with Gasteiger partial charge in [0, 0.05) is 31.4 Å². The number of carbonyl (C=O) groups is 1. The molecule has 2 heterocycles. The second-order valence-electron chi connectivity index (χ2n) is 5.64. The molecular formula is C17H21N3O3. The van der Waals surface area contributed by atoms with Gasteiger partial charge >= 0.3 is 0 Å². The van der Waals surface area contributed by atoms with Crippen LogP contribution in [0.5, 0.6) is 5.75 Å². The molecule has 0 bridgehead atoms. The number of rotatable bonds is 6. The molecule has 0 saturated heterocycles. The summed E-state index contributed by atoms with van der Waals surface area (Å²) in [5.41, 5.74) is 0.984. The standard InChI is InChI=1S/C17H21N3O3/c1-22-15-4-2-3-13(9-15)11-23-12-17(21)19-14-5-6-16-18-7-8-20(16)10-14/h2-4,7-9,14H,5-6,10-12H2,1H3,(H,19,21)/t14-/m0/s1. The zero-order valence-electron chi connectivity index (χ0n) is 13.2. The number of carbonyl (C=O) groups excluding carboxylic acids is 1. The third-order valence-electron chi connectivity index (χ3n) is 3.94. The van der Waals surface area contributed by atoms with Crippen LogP contribution in [0.25, 0.3) is 0 Å². The highest BCUT2D eigenvalue weighted by molar-refractivity contribution is 5.77. The molecule has 2 aromatic rings. The van der Waals surface area contributed by atoms with Crippen molar-refractivity contribution in [2.45, 2.75) is 32.0 Å². The van der Waals surface area contributed by atoms with E-state index in [1.165, 1.54) is 0 Å². The Bertz CT molecular complexity index is 669. The van der Waals surface area contributed by atoms with Crippen molar-refractivity contribution in [2.24, 2.45) is 0 Å². The van der Waals surface area contributed by atoms with E-state index in [1.54, 1.807) is 13.3 Å². The van der Waals surface area contributed by atoms with Crippen molar-refractivity contribution in [3.63, 3.8) is 0 Å². The van der Waals surface area contributed by atoms with Crippen LogP contribution in [0.3, 0.4) is 0 Å². The molecule has 1 aromatic heterocycles. The Morgan fingerprint density at radius 1 is 1.48 bits per heavy atom. The number of benzene rings is 1. The molecular weight excluding hydrogens is 294 g/mol. The Morgan fingerprint density at radius 2 is 2.39 bits per heavy atom. The minimum atomic E-state index is -0.0820. The van der Waals surface area contributed by atoms with Crippen molar-refractivity contribution in [2.75, 3.05) is 13.7 Å². The molecule has 1 N–H and O–H groups in total. The lowest BCUT2D eigenvalue weighted by atomic mass is 10.1. The average Bonchev–Trinajstić information content (AvgIpc) is 3.02. The molecule has 23 heavy (non-hydrogen) atoms. The first kappa shape index (κ1) is 15.6. The molecule has 0 radical (unpaired) electrons. The minimum Gasteiger partial charge on any atom is -0.497 e. The molecule has 1 aromatic carbocycles. The highest BCUT2D eigenvalue weighted by atomic mass is 16.5. The topological polar surface area (TPSA) is 65.4 Å². The molecule has 0 aliphatic carbocycles. The number of hydrogen-bond donors (Lipinski definition) is 1. The summed E-state index contributed by atoms with van der Waals surface area (Å²) in [7, 11) is 1.63. The molecule has 0 saturated carbocycles. The van der Waals surface area contributed by atoms with Crippen LogP contribution < -0.4 is 10.1 Å². The summed E-state index contributed by atoms with van der Waals surface area (Å²) in [5.74, 6) is 1.79. The van der Waals surface area contributed by atoms with Crippen LogP contribution in [-0.2, 0) is 29.1 Å². The van der Waals surface area contributed by atoms with Crippen molar-refractivity contribution >= 4 is 5.91 Å². The lowest BCUT2D eigenvalue weighted by Crippen LogP contribution is -2.42. The number of hydrogen-bond acceptors (Lipinski definition) is 4. The summed E-state index contributed by atoms with van der Waals surface area (Å²) in [6.07, 6.45) is 5.56. The van der Waals surface area contributed by atoms with Gasteiger partial charge in [0.25, 0.3) is 0 Å². The first-order valence-corrected chi connectivity index (χ1v) is 7.74. The van der Waals surface area contributed by atoms with Crippen molar-refractivity contribution < 1.29 is 14.3 Å². The van der Waals surface area contributed by atoms with Gasteiger partial charge in [0.2, 0.25) is 5.91 Å². The SMILES string of the molecule is COc1cccc(COCC(=O)N[C@H]2CCc3nccn3C2)c1. The van der Waals surface area contributed by atoms with Crippen molar-refractivity contribution in [3.8, 4) is 5.75 Å². The van der Waals surface area contributed by atoms with Gasteiger partial charge < -0.3 is 19.4 Å². The number of aryl methyl sites for hydroxylation is 1. The predicted octanol–water partition coefficient (Wildman–Crippen LogP) is 1.54. The first-order valence-electron chi connectivity index (χ1n) is 7.74. The van der Waals surface area contributed by atoms with Crippen LogP contribution in [-0.4, -0.2) is 35.2 Å². The van der Waals surface area contributed by atoms with Crippen molar-refractivity contribution in [1.82, 2.24) is 14.9 Å². The largest absolute Gasteiger partial charge is 0.497 e. The number of fused-ring (bicyclic) bond motifs is 1. The number of imidazole rings is 1. The molecule has 1 atom stereocenters. The third-order valence-corrected chi connectivity index (χ3v) is 3.94. The maximum atomic E-state index is 12.0. The Kier molecular flexibility index (Phi) is 4.92. The lowest BCUT2D eigenvalue weighted by Gasteiger charge is -2.24. The highest BCUT2D eigenvalue weighted by Gasteiger charge is 2.20. The molecule has 3 rings (SSSR count). The van der Waals surface area contributed by atoms with E-state index in [2.05, 4.69) is 14.9 Å². The summed E-state index contributed by atoms with van der Waals surface area (Å²) in [5, 5.41) is 3.02. The average molecular weight is 315 g/mol. The predicted molar refractivity (Wildman–Crippen MR) is 85.1 cm³/mol. The lowest BCUT2D eigenvalue weighted by molar-refractivity contribution is -0.127. The fraction of sp³-hybridized carbons (Fsp3) is 0.412. The molecule has 6 nitrogen and oxygen atoms in total. The highest BCUT2D eigenvalue weighted by Crippen LogP contribution is 2.14. The smallest absolute Gasteiger partial charge is 0.246 e. The van der Waals surface area contributed by atoms with Gasteiger partial charge in [0.1, 0.15) is 18.2 Å². The molecule has 122 valence electrons. The number of amides is 1. The van der Waals surface area contributed by atoms with Crippen molar-refractivity contribution in [1.29, 1.82) is 0 Å². The van der Waals surface area contributed by atoms with Crippen LogP contribution in [0.2, 0.25) is 0 Å².